The summed E-state index contributed by atoms with van der Waals surface area (Å²) < 4.78 is 5.50. The van der Waals surface area contributed by atoms with E-state index in [1.165, 1.54) is 0 Å². The summed E-state index contributed by atoms with van der Waals surface area (Å²) in [5.74, 6) is 0.0900. The molecule has 2 atom stereocenters. The third kappa shape index (κ3) is 2.70. The van der Waals surface area contributed by atoms with E-state index in [0.29, 0.717) is 10.8 Å². The molecule has 0 aromatic carbocycles. The van der Waals surface area contributed by atoms with Crippen LogP contribution in [0.5, 0.6) is 0 Å². The van der Waals surface area contributed by atoms with Crippen molar-refractivity contribution in [1.29, 1.82) is 0 Å². The van der Waals surface area contributed by atoms with Gasteiger partial charge in [0.25, 0.3) is 0 Å². The van der Waals surface area contributed by atoms with Gasteiger partial charge in [-0.3, -0.25) is 0 Å². The summed E-state index contributed by atoms with van der Waals surface area (Å²) in [6.45, 7) is 2.83. The first kappa shape index (κ1) is 12.2. The summed E-state index contributed by atoms with van der Waals surface area (Å²) >= 11 is 1.62. The quantitative estimate of drug-likeness (QED) is 0.369. The largest absolute Gasteiger partial charge is 0.409 e. The van der Waals surface area contributed by atoms with Gasteiger partial charge < -0.3 is 15.7 Å². The van der Waals surface area contributed by atoms with Crippen LogP contribution in [0.25, 0.3) is 0 Å². The van der Waals surface area contributed by atoms with Crippen LogP contribution in [0.2, 0.25) is 0 Å². The predicted molar refractivity (Wildman–Crippen MR) is 66.4 cm³/mol. The topological polar surface area (TPSA) is 80.7 Å². The van der Waals surface area contributed by atoms with E-state index in [9.17, 15) is 0 Å². The molecule has 2 rings (SSSR count). The first-order valence-electron chi connectivity index (χ1n) is 5.43. The lowest BCUT2D eigenvalue weighted by molar-refractivity contribution is 0.127. The van der Waals surface area contributed by atoms with Gasteiger partial charge in [0.1, 0.15) is 5.03 Å². The van der Waals surface area contributed by atoms with Gasteiger partial charge in [0, 0.05) is 18.1 Å². The van der Waals surface area contributed by atoms with Crippen molar-refractivity contribution in [1.82, 2.24) is 4.98 Å². The minimum absolute atomic E-state index is 0.0900. The number of rotatable bonds is 3. The standard InChI is InChI=1S/C11H15N3O2S/c1-7-9(4-6-16-7)17-11-8(10(12)14-15)3-2-5-13-11/h2-3,5,7,9,15H,4,6H2,1H3,(H2,12,14). The third-order valence-electron chi connectivity index (χ3n) is 2.72. The predicted octanol–water partition coefficient (Wildman–Crippen LogP) is 1.45. The van der Waals surface area contributed by atoms with Gasteiger partial charge in [0.2, 0.25) is 0 Å². The van der Waals surface area contributed by atoms with Crippen LogP contribution in [0.1, 0.15) is 18.9 Å². The van der Waals surface area contributed by atoms with Gasteiger partial charge in [-0.15, -0.1) is 0 Å². The SMILES string of the molecule is CC1OCCC1Sc1ncccc1/C(N)=N/O. The Labute approximate surface area is 104 Å². The second kappa shape index (κ2) is 5.37. The number of ether oxygens (including phenoxy) is 1. The highest BCUT2D eigenvalue weighted by molar-refractivity contribution is 8.00. The van der Waals surface area contributed by atoms with E-state index in [1.807, 2.05) is 0 Å². The summed E-state index contributed by atoms with van der Waals surface area (Å²) in [5.41, 5.74) is 6.29. The zero-order valence-electron chi connectivity index (χ0n) is 9.54. The van der Waals surface area contributed by atoms with Crippen molar-refractivity contribution < 1.29 is 9.94 Å². The molecule has 2 unspecified atom stereocenters. The fourth-order valence-corrected chi connectivity index (χ4v) is 2.94. The highest BCUT2D eigenvalue weighted by Crippen LogP contribution is 2.32. The molecule has 6 heteroatoms. The van der Waals surface area contributed by atoms with Crippen LogP contribution in [-0.2, 0) is 4.74 Å². The number of aromatic nitrogens is 1. The monoisotopic (exact) mass is 253 g/mol. The minimum atomic E-state index is 0.0900. The van der Waals surface area contributed by atoms with E-state index < -0.39 is 0 Å². The van der Waals surface area contributed by atoms with Crippen molar-refractivity contribution in [2.45, 2.75) is 29.7 Å². The lowest BCUT2D eigenvalue weighted by atomic mass is 10.2. The van der Waals surface area contributed by atoms with Crippen molar-refractivity contribution in [2.24, 2.45) is 10.9 Å². The molecule has 0 amide bonds. The Bertz CT molecular complexity index is 425. The van der Waals surface area contributed by atoms with E-state index in [0.717, 1.165) is 18.1 Å². The van der Waals surface area contributed by atoms with Crippen molar-refractivity contribution in [3.05, 3.63) is 23.9 Å². The molecule has 5 nitrogen and oxygen atoms in total. The number of hydrogen-bond acceptors (Lipinski definition) is 5. The van der Waals surface area contributed by atoms with Gasteiger partial charge in [-0.2, -0.15) is 0 Å². The lowest BCUT2D eigenvalue weighted by Crippen LogP contribution is -2.18. The van der Waals surface area contributed by atoms with Crippen LogP contribution in [0.4, 0.5) is 0 Å². The number of nitrogens with two attached hydrogens (primary N) is 1. The number of thioether (sulfide) groups is 1. The molecule has 17 heavy (non-hydrogen) atoms. The molecule has 0 bridgehead atoms. The van der Waals surface area contributed by atoms with Crippen molar-refractivity contribution in [2.75, 3.05) is 6.61 Å². The van der Waals surface area contributed by atoms with Gasteiger partial charge in [0.15, 0.2) is 5.84 Å². The number of amidine groups is 1. The van der Waals surface area contributed by atoms with Crippen molar-refractivity contribution >= 4 is 17.6 Å². The summed E-state index contributed by atoms with van der Waals surface area (Å²) in [6, 6.07) is 3.57. The van der Waals surface area contributed by atoms with Gasteiger partial charge in [-0.25, -0.2) is 4.98 Å². The maximum absolute atomic E-state index is 8.73. The van der Waals surface area contributed by atoms with E-state index in [4.69, 9.17) is 15.7 Å². The fourth-order valence-electron chi connectivity index (χ4n) is 1.74. The Morgan fingerprint density at radius 2 is 2.53 bits per heavy atom. The molecule has 1 aromatic heterocycles. The summed E-state index contributed by atoms with van der Waals surface area (Å²) in [5, 5.41) is 12.9. The van der Waals surface area contributed by atoms with Gasteiger partial charge >= 0.3 is 0 Å². The molecule has 0 radical (unpaired) electrons. The van der Waals surface area contributed by atoms with Crippen molar-refractivity contribution in [3.63, 3.8) is 0 Å². The number of oxime groups is 1. The highest BCUT2D eigenvalue weighted by atomic mass is 32.2. The molecule has 1 aliphatic rings. The Balaban J connectivity index is 2.20. The van der Waals surface area contributed by atoms with Crippen LogP contribution in [-0.4, -0.2) is 34.0 Å². The molecule has 1 aromatic rings. The Morgan fingerprint density at radius 1 is 1.71 bits per heavy atom. The van der Waals surface area contributed by atoms with E-state index >= 15 is 0 Å². The molecule has 92 valence electrons. The molecule has 0 saturated carbocycles. The van der Waals surface area contributed by atoms with E-state index in [-0.39, 0.29) is 11.9 Å². The van der Waals surface area contributed by atoms with Crippen LogP contribution < -0.4 is 5.73 Å². The molecule has 1 fully saturated rings. The molecular formula is C11H15N3O2S. The first-order chi connectivity index (χ1) is 8.22. The lowest BCUT2D eigenvalue weighted by Gasteiger charge is -2.14. The zero-order valence-corrected chi connectivity index (χ0v) is 10.4. The average Bonchev–Trinajstić information content (AvgIpc) is 2.75. The zero-order chi connectivity index (χ0) is 12.3. The van der Waals surface area contributed by atoms with Crippen molar-refractivity contribution in [3.8, 4) is 0 Å². The van der Waals surface area contributed by atoms with Crippen LogP contribution in [0.15, 0.2) is 28.5 Å². The van der Waals surface area contributed by atoms with Gasteiger partial charge in [-0.1, -0.05) is 16.9 Å². The average molecular weight is 253 g/mol. The molecule has 1 aliphatic heterocycles. The third-order valence-corrected chi connectivity index (χ3v) is 4.19. The van der Waals surface area contributed by atoms with Crippen LogP contribution in [0.3, 0.4) is 0 Å². The molecule has 2 heterocycles. The molecular weight excluding hydrogens is 238 g/mol. The fraction of sp³-hybridized carbons (Fsp3) is 0.455. The van der Waals surface area contributed by atoms with Crippen LogP contribution >= 0.6 is 11.8 Å². The highest BCUT2D eigenvalue weighted by Gasteiger charge is 2.26. The first-order valence-corrected chi connectivity index (χ1v) is 6.31. The smallest absolute Gasteiger partial charge is 0.172 e. The second-order valence-corrected chi connectivity index (χ2v) is 5.09. The van der Waals surface area contributed by atoms with Crippen LogP contribution in [0, 0.1) is 0 Å². The molecule has 3 N–H and O–H groups in total. The Morgan fingerprint density at radius 3 is 3.18 bits per heavy atom. The Hall–Kier alpha value is -1.27. The van der Waals surface area contributed by atoms with Gasteiger partial charge in [0.05, 0.1) is 11.7 Å². The second-order valence-electron chi connectivity index (χ2n) is 3.86. The summed E-state index contributed by atoms with van der Waals surface area (Å²) in [4.78, 5) is 4.28. The van der Waals surface area contributed by atoms with Gasteiger partial charge in [-0.05, 0) is 25.5 Å². The summed E-state index contributed by atoms with van der Waals surface area (Å²) in [6.07, 6.45) is 2.91. The maximum atomic E-state index is 8.73. The normalized spacial score (nSPS) is 25.1. The Kier molecular flexibility index (Phi) is 3.86. The number of pyridine rings is 1. The number of hydrogen-bond donors (Lipinski definition) is 2. The maximum Gasteiger partial charge on any atom is 0.172 e. The molecule has 1 saturated heterocycles. The van der Waals surface area contributed by atoms with E-state index in [1.54, 1.807) is 30.1 Å². The number of nitrogens with zero attached hydrogens (tertiary/aromatic N) is 2. The summed E-state index contributed by atoms with van der Waals surface area (Å²) in [7, 11) is 0. The van der Waals surface area contributed by atoms with E-state index in [2.05, 4.69) is 17.1 Å². The molecule has 0 aliphatic carbocycles. The minimum Gasteiger partial charge on any atom is -0.409 e. The molecule has 0 spiro atoms.